The Labute approximate surface area is 152 Å². The predicted octanol–water partition coefficient (Wildman–Crippen LogP) is 3.52. The predicted molar refractivity (Wildman–Crippen MR) is 90.5 cm³/mol. The van der Waals surface area contributed by atoms with Crippen molar-refractivity contribution >= 4 is 17.5 Å². The van der Waals surface area contributed by atoms with Gasteiger partial charge in [-0.1, -0.05) is 47.2 Å². The van der Waals surface area contributed by atoms with Crippen LogP contribution in [0.4, 0.5) is 8.78 Å². The fraction of sp³-hybridized carbons (Fsp3) is 0.353. The van der Waals surface area contributed by atoms with Gasteiger partial charge in [-0.05, 0) is 6.07 Å². The number of alkyl halides is 2. The Hall–Kier alpha value is -2.10. The molecule has 4 rings (SSSR count). The number of aromatic nitrogens is 2. The minimum absolute atomic E-state index is 0.184. The fourth-order valence-corrected chi connectivity index (χ4v) is 4.06. The average Bonchev–Trinajstić information content (AvgIpc) is 3.09. The number of fused-ring (bicyclic) bond motifs is 2. The molecule has 2 aromatic rings. The van der Waals surface area contributed by atoms with Gasteiger partial charge in [-0.15, -0.1) is 0 Å². The molecule has 0 aliphatic carbocycles. The number of halogens is 2. The number of thioether (sulfide) groups is 1. The van der Waals surface area contributed by atoms with Crippen molar-refractivity contribution < 1.29 is 23.5 Å². The molecule has 2 fully saturated rings. The molecule has 1 aromatic carbocycles. The van der Waals surface area contributed by atoms with Crippen molar-refractivity contribution in [3.8, 4) is 11.3 Å². The van der Waals surface area contributed by atoms with E-state index < -0.39 is 12.7 Å². The number of rotatable bonds is 4. The van der Waals surface area contributed by atoms with E-state index in [1.165, 1.54) is 17.8 Å². The smallest absolute Gasteiger partial charge is 0.280 e. The SMILES string of the molecule is O/N=C1\C[C@@H](Sc2nc(-c3ccccc3)cc(C(F)F)n2)[C@H]2CO[C@@H]1O2. The van der Waals surface area contributed by atoms with Crippen molar-refractivity contribution in [1.29, 1.82) is 0 Å². The van der Waals surface area contributed by atoms with E-state index in [2.05, 4.69) is 15.1 Å². The van der Waals surface area contributed by atoms with Crippen LogP contribution >= 0.6 is 11.8 Å². The van der Waals surface area contributed by atoms with Crippen LogP contribution in [0.2, 0.25) is 0 Å². The van der Waals surface area contributed by atoms with Gasteiger partial charge in [0.1, 0.15) is 11.4 Å². The Morgan fingerprint density at radius 2 is 2.04 bits per heavy atom. The molecule has 3 atom stereocenters. The topological polar surface area (TPSA) is 76.8 Å². The van der Waals surface area contributed by atoms with Crippen molar-refractivity contribution in [3.63, 3.8) is 0 Å². The summed E-state index contributed by atoms with van der Waals surface area (Å²) in [7, 11) is 0. The second-order valence-corrected chi connectivity index (χ2v) is 7.13. The molecule has 9 heteroatoms. The summed E-state index contributed by atoms with van der Waals surface area (Å²) in [5.41, 5.74) is 1.23. The van der Waals surface area contributed by atoms with Crippen LogP contribution < -0.4 is 0 Å². The lowest BCUT2D eigenvalue weighted by Gasteiger charge is -2.26. The Bertz CT molecular complexity index is 822. The maximum absolute atomic E-state index is 13.3. The standard InChI is InChI=1S/C17H15F2N3O3S/c18-15(19)11-6-10(9-4-2-1-3-5-9)20-17(21-11)26-14-7-12(22-23)16-24-8-13(14)25-16/h1-6,13-16,23H,7-8H2/b22-12+/t13-,14-,16-/m1/s1. The van der Waals surface area contributed by atoms with E-state index in [-0.39, 0.29) is 22.2 Å². The Morgan fingerprint density at radius 3 is 2.77 bits per heavy atom. The minimum atomic E-state index is -2.70. The molecular weight excluding hydrogens is 364 g/mol. The van der Waals surface area contributed by atoms with Gasteiger partial charge in [0.15, 0.2) is 5.16 Å². The van der Waals surface area contributed by atoms with Crippen LogP contribution in [0.15, 0.2) is 46.7 Å². The molecule has 26 heavy (non-hydrogen) atoms. The Kier molecular flexibility index (Phi) is 4.84. The summed E-state index contributed by atoms with van der Waals surface area (Å²) in [6, 6.07) is 10.4. The quantitative estimate of drug-likeness (QED) is 0.498. The zero-order valence-corrected chi connectivity index (χ0v) is 14.3. The number of oxime groups is 1. The first kappa shape index (κ1) is 17.3. The third kappa shape index (κ3) is 3.42. The van der Waals surface area contributed by atoms with Gasteiger partial charge in [0.2, 0.25) is 6.29 Å². The summed E-state index contributed by atoms with van der Waals surface area (Å²) >= 11 is 1.23. The lowest BCUT2D eigenvalue weighted by molar-refractivity contribution is -0.0169. The van der Waals surface area contributed by atoms with Crippen LogP contribution in [0, 0.1) is 0 Å². The lowest BCUT2D eigenvalue weighted by atomic mass is 10.1. The van der Waals surface area contributed by atoms with Gasteiger partial charge in [-0.2, -0.15) is 0 Å². The summed E-state index contributed by atoms with van der Waals surface area (Å²) in [5.74, 6) is 0. The van der Waals surface area contributed by atoms with Crippen molar-refractivity contribution in [2.45, 2.75) is 35.6 Å². The van der Waals surface area contributed by atoms with Crippen LogP contribution in [-0.4, -0.2) is 45.1 Å². The maximum Gasteiger partial charge on any atom is 0.280 e. The first-order valence-electron chi connectivity index (χ1n) is 8.01. The Balaban J connectivity index is 1.64. The monoisotopic (exact) mass is 379 g/mol. The van der Waals surface area contributed by atoms with Gasteiger partial charge < -0.3 is 14.7 Å². The normalized spacial score (nSPS) is 26.6. The van der Waals surface area contributed by atoms with Gasteiger partial charge in [0, 0.05) is 17.2 Å². The van der Waals surface area contributed by atoms with Crippen LogP contribution in [0.5, 0.6) is 0 Å². The van der Waals surface area contributed by atoms with Crippen molar-refractivity contribution in [2.75, 3.05) is 6.61 Å². The van der Waals surface area contributed by atoms with E-state index in [1.807, 2.05) is 30.3 Å². The maximum atomic E-state index is 13.3. The molecular formula is C17H15F2N3O3S. The molecule has 6 nitrogen and oxygen atoms in total. The molecule has 0 saturated carbocycles. The van der Waals surface area contributed by atoms with Crippen LogP contribution in [0.25, 0.3) is 11.3 Å². The van der Waals surface area contributed by atoms with E-state index in [9.17, 15) is 8.78 Å². The third-order valence-electron chi connectivity index (χ3n) is 4.21. The van der Waals surface area contributed by atoms with E-state index in [4.69, 9.17) is 14.7 Å². The lowest BCUT2D eigenvalue weighted by Crippen LogP contribution is -2.37. The van der Waals surface area contributed by atoms with E-state index >= 15 is 0 Å². The van der Waals surface area contributed by atoms with Crippen molar-refractivity contribution in [2.24, 2.45) is 5.16 Å². The molecule has 0 radical (unpaired) electrons. The second-order valence-electron chi connectivity index (χ2n) is 5.92. The highest BCUT2D eigenvalue weighted by molar-refractivity contribution is 7.99. The molecule has 2 bridgehead atoms. The fourth-order valence-electron chi connectivity index (χ4n) is 2.93. The molecule has 0 spiro atoms. The summed E-state index contributed by atoms with van der Waals surface area (Å²) in [6.45, 7) is 0.349. The van der Waals surface area contributed by atoms with Gasteiger partial charge in [-0.3, -0.25) is 0 Å². The van der Waals surface area contributed by atoms with Gasteiger partial charge in [0.25, 0.3) is 6.43 Å². The first-order valence-corrected chi connectivity index (χ1v) is 8.89. The Morgan fingerprint density at radius 1 is 1.23 bits per heavy atom. The molecule has 1 N–H and O–H groups in total. The average molecular weight is 379 g/mol. The van der Waals surface area contributed by atoms with E-state index in [1.54, 1.807) is 0 Å². The molecule has 2 aliphatic heterocycles. The summed E-state index contributed by atoms with van der Waals surface area (Å²) in [5, 5.41) is 12.4. The summed E-state index contributed by atoms with van der Waals surface area (Å²) in [4.78, 5) is 8.42. The van der Waals surface area contributed by atoms with Gasteiger partial charge in [-0.25, -0.2) is 18.7 Å². The number of nitrogens with zero attached hydrogens (tertiary/aromatic N) is 3. The molecule has 3 heterocycles. The van der Waals surface area contributed by atoms with Crippen molar-refractivity contribution in [3.05, 3.63) is 42.1 Å². The van der Waals surface area contributed by atoms with Gasteiger partial charge in [0.05, 0.1) is 18.4 Å². The highest BCUT2D eigenvalue weighted by Crippen LogP contribution is 2.37. The van der Waals surface area contributed by atoms with Crippen molar-refractivity contribution in [1.82, 2.24) is 9.97 Å². The summed E-state index contributed by atoms with van der Waals surface area (Å²) in [6.07, 6.45) is -3.14. The number of hydrogen-bond acceptors (Lipinski definition) is 7. The number of hydrogen-bond donors (Lipinski definition) is 1. The largest absolute Gasteiger partial charge is 0.411 e. The second kappa shape index (κ2) is 7.26. The minimum Gasteiger partial charge on any atom is -0.411 e. The zero-order chi connectivity index (χ0) is 18.1. The zero-order valence-electron chi connectivity index (χ0n) is 13.5. The van der Waals surface area contributed by atoms with E-state index in [0.717, 1.165) is 5.56 Å². The molecule has 2 aliphatic rings. The van der Waals surface area contributed by atoms with E-state index in [0.29, 0.717) is 24.4 Å². The third-order valence-corrected chi connectivity index (χ3v) is 5.38. The van der Waals surface area contributed by atoms with Gasteiger partial charge >= 0.3 is 0 Å². The van der Waals surface area contributed by atoms with Crippen LogP contribution in [0.3, 0.4) is 0 Å². The first-order chi connectivity index (χ1) is 12.6. The number of benzene rings is 1. The molecule has 0 unspecified atom stereocenters. The molecule has 136 valence electrons. The number of ether oxygens (including phenoxy) is 2. The highest BCUT2D eigenvalue weighted by atomic mass is 32.2. The van der Waals surface area contributed by atoms with Crippen LogP contribution in [-0.2, 0) is 9.47 Å². The molecule has 1 aromatic heterocycles. The molecule has 2 saturated heterocycles. The molecule has 0 amide bonds. The highest BCUT2D eigenvalue weighted by Gasteiger charge is 2.43. The summed E-state index contributed by atoms with van der Waals surface area (Å²) < 4.78 is 37.6. The van der Waals surface area contributed by atoms with Crippen LogP contribution in [0.1, 0.15) is 18.5 Å².